The molecule has 1 aromatic heterocycles. The number of methoxy groups -OCH3 is 1. The third kappa shape index (κ3) is 4.20. The van der Waals surface area contributed by atoms with Gasteiger partial charge in [-0.25, -0.2) is 4.79 Å². The van der Waals surface area contributed by atoms with Crippen molar-refractivity contribution in [1.82, 2.24) is 15.6 Å². The highest BCUT2D eigenvalue weighted by atomic mass is 16.5. The van der Waals surface area contributed by atoms with Crippen LogP contribution in [0.15, 0.2) is 60.9 Å². The lowest BCUT2D eigenvalue weighted by Crippen LogP contribution is -2.33. The highest BCUT2D eigenvalue weighted by molar-refractivity contribution is 5.83. The maximum atomic E-state index is 11.9. The topological polar surface area (TPSA) is 66.2 Å². The maximum absolute atomic E-state index is 11.9. The van der Waals surface area contributed by atoms with E-state index in [4.69, 9.17) is 4.74 Å². The molecule has 0 unspecified atom stereocenters. The first-order valence-corrected chi connectivity index (χ1v) is 8.17. The lowest BCUT2D eigenvalue weighted by Gasteiger charge is -2.05. The van der Waals surface area contributed by atoms with Crippen molar-refractivity contribution in [1.29, 1.82) is 0 Å². The number of H-pyrrole nitrogens is 1. The lowest BCUT2D eigenvalue weighted by molar-refractivity contribution is 0.244. The van der Waals surface area contributed by atoms with Crippen LogP contribution in [0.5, 0.6) is 5.75 Å². The Morgan fingerprint density at radius 2 is 1.96 bits per heavy atom. The van der Waals surface area contributed by atoms with Gasteiger partial charge in [0.25, 0.3) is 0 Å². The average molecular weight is 335 g/mol. The molecule has 0 fully saturated rings. The van der Waals surface area contributed by atoms with Gasteiger partial charge in [0.1, 0.15) is 5.75 Å². The molecule has 25 heavy (non-hydrogen) atoms. The zero-order valence-electron chi connectivity index (χ0n) is 14.1. The number of urea groups is 1. The number of aromatic amines is 1. The Balaban J connectivity index is 1.47. The minimum Gasteiger partial charge on any atom is -0.496 e. The smallest absolute Gasteiger partial charge is 0.318 e. The zero-order chi connectivity index (χ0) is 17.5. The van der Waals surface area contributed by atoms with E-state index in [-0.39, 0.29) is 6.03 Å². The summed E-state index contributed by atoms with van der Waals surface area (Å²) >= 11 is 0. The number of aromatic nitrogens is 1. The van der Waals surface area contributed by atoms with Crippen molar-refractivity contribution in [2.24, 2.45) is 0 Å². The number of rotatable bonds is 6. The summed E-state index contributed by atoms with van der Waals surface area (Å²) in [6.07, 6.45) is 6.18. The van der Waals surface area contributed by atoms with E-state index in [2.05, 4.69) is 21.7 Å². The highest BCUT2D eigenvalue weighted by Crippen LogP contribution is 2.18. The predicted octanol–water partition coefficient (Wildman–Crippen LogP) is 3.69. The van der Waals surface area contributed by atoms with Crippen LogP contribution in [0.25, 0.3) is 17.0 Å². The van der Waals surface area contributed by atoms with E-state index in [0.717, 1.165) is 23.3 Å². The molecule has 0 aliphatic rings. The second kappa shape index (κ2) is 8.06. The van der Waals surface area contributed by atoms with Gasteiger partial charge in [0.2, 0.25) is 0 Å². The van der Waals surface area contributed by atoms with Crippen molar-refractivity contribution in [3.05, 3.63) is 72.1 Å². The van der Waals surface area contributed by atoms with E-state index >= 15 is 0 Å². The van der Waals surface area contributed by atoms with Gasteiger partial charge in [0, 0.05) is 35.4 Å². The third-order valence-electron chi connectivity index (χ3n) is 3.97. The largest absolute Gasteiger partial charge is 0.496 e. The molecule has 0 saturated heterocycles. The van der Waals surface area contributed by atoms with Gasteiger partial charge >= 0.3 is 6.03 Å². The summed E-state index contributed by atoms with van der Waals surface area (Å²) in [5.74, 6) is 0.764. The molecule has 1 heterocycles. The molecular formula is C20H21N3O2. The molecule has 0 saturated carbocycles. The average Bonchev–Trinajstić information content (AvgIpc) is 3.05. The summed E-state index contributed by atoms with van der Waals surface area (Å²) in [5, 5.41) is 6.75. The number of nitrogens with one attached hydrogen (secondary N) is 3. The van der Waals surface area contributed by atoms with E-state index in [1.165, 1.54) is 10.9 Å². The molecule has 0 aliphatic carbocycles. The SMILES string of the molecule is COc1ccccc1/C=C/NC(=O)NCCc1c[nH]c2ccccc12. The number of hydrogen-bond acceptors (Lipinski definition) is 2. The first-order chi connectivity index (χ1) is 12.3. The van der Waals surface area contributed by atoms with Crippen molar-refractivity contribution >= 4 is 23.0 Å². The normalized spacial score (nSPS) is 10.9. The Labute approximate surface area is 146 Å². The standard InChI is InChI=1S/C20H21N3O2/c1-25-19-9-5-2-6-15(19)10-12-21-20(24)22-13-11-16-14-23-18-8-4-3-7-17(16)18/h2-10,12,14,23H,11,13H2,1H3,(H2,21,22,24)/b12-10+. The van der Waals surface area contributed by atoms with E-state index in [1.807, 2.05) is 48.7 Å². The van der Waals surface area contributed by atoms with E-state index in [9.17, 15) is 4.79 Å². The second-order valence-corrected chi connectivity index (χ2v) is 5.59. The summed E-state index contributed by atoms with van der Waals surface area (Å²) in [6, 6.07) is 15.5. The third-order valence-corrected chi connectivity index (χ3v) is 3.97. The van der Waals surface area contributed by atoms with Gasteiger partial charge < -0.3 is 20.4 Å². The summed E-state index contributed by atoms with van der Waals surface area (Å²) in [6.45, 7) is 0.566. The highest BCUT2D eigenvalue weighted by Gasteiger charge is 2.03. The fraction of sp³-hybridized carbons (Fsp3) is 0.150. The van der Waals surface area contributed by atoms with Crippen LogP contribution in [0.1, 0.15) is 11.1 Å². The number of hydrogen-bond donors (Lipinski definition) is 3. The van der Waals surface area contributed by atoms with Crippen LogP contribution in [0.4, 0.5) is 4.79 Å². The Kier molecular flexibility index (Phi) is 5.36. The van der Waals surface area contributed by atoms with Gasteiger partial charge in [-0.3, -0.25) is 0 Å². The lowest BCUT2D eigenvalue weighted by atomic mass is 10.1. The number of carbonyl (C=O) groups is 1. The van der Waals surface area contributed by atoms with Crippen LogP contribution < -0.4 is 15.4 Å². The molecule has 0 spiro atoms. The van der Waals surface area contributed by atoms with Crippen molar-refractivity contribution in [3.63, 3.8) is 0 Å². The van der Waals surface area contributed by atoms with Crippen molar-refractivity contribution < 1.29 is 9.53 Å². The quantitative estimate of drug-likeness (QED) is 0.643. The molecule has 2 amide bonds. The monoisotopic (exact) mass is 335 g/mol. The molecule has 5 nitrogen and oxygen atoms in total. The molecule has 3 aromatic rings. The number of benzene rings is 2. The summed E-state index contributed by atoms with van der Waals surface area (Å²) in [7, 11) is 1.62. The summed E-state index contributed by atoms with van der Waals surface area (Å²) < 4.78 is 5.26. The van der Waals surface area contributed by atoms with Crippen molar-refractivity contribution in [2.45, 2.75) is 6.42 Å². The predicted molar refractivity (Wildman–Crippen MR) is 101 cm³/mol. The number of carbonyl (C=O) groups excluding carboxylic acids is 1. The van der Waals surface area contributed by atoms with Crippen LogP contribution >= 0.6 is 0 Å². The fourth-order valence-electron chi connectivity index (χ4n) is 2.71. The molecule has 3 N–H and O–H groups in total. The molecule has 0 atom stereocenters. The minimum absolute atomic E-state index is 0.231. The van der Waals surface area contributed by atoms with Crippen molar-refractivity contribution in [3.8, 4) is 5.75 Å². The Morgan fingerprint density at radius 3 is 2.84 bits per heavy atom. The van der Waals surface area contributed by atoms with Gasteiger partial charge in [-0.05, 0) is 30.2 Å². The van der Waals surface area contributed by atoms with Gasteiger partial charge in [-0.1, -0.05) is 36.4 Å². The minimum atomic E-state index is -0.231. The molecular weight excluding hydrogens is 314 g/mol. The number of fused-ring (bicyclic) bond motifs is 1. The molecule has 2 aromatic carbocycles. The Hall–Kier alpha value is -3.21. The van der Waals surface area contributed by atoms with Gasteiger partial charge in [-0.15, -0.1) is 0 Å². The van der Waals surface area contributed by atoms with Gasteiger partial charge in [-0.2, -0.15) is 0 Å². The van der Waals surface area contributed by atoms with Crippen LogP contribution in [0.3, 0.4) is 0 Å². The van der Waals surface area contributed by atoms with Crippen molar-refractivity contribution in [2.75, 3.05) is 13.7 Å². The number of amides is 2. The molecule has 0 radical (unpaired) electrons. The Bertz CT molecular complexity index is 883. The zero-order valence-corrected chi connectivity index (χ0v) is 14.1. The first kappa shape index (κ1) is 16.6. The molecule has 0 aliphatic heterocycles. The molecule has 5 heteroatoms. The summed E-state index contributed by atoms with van der Waals surface area (Å²) in [4.78, 5) is 15.1. The summed E-state index contributed by atoms with van der Waals surface area (Å²) in [5.41, 5.74) is 3.21. The van der Waals surface area contributed by atoms with Crippen LogP contribution in [0, 0.1) is 0 Å². The first-order valence-electron chi connectivity index (χ1n) is 8.17. The van der Waals surface area contributed by atoms with Gasteiger partial charge in [0.15, 0.2) is 0 Å². The molecule has 0 bridgehead atoms. The van der Waals surface area contributed by atoms with Crippen LogP contribution in [0.2, 0.25) is 0 Å². The molecule has 3 rings (SSSR count). The molecule has 128 valence electrons. The van der Waals surface area contributed by atoms with Crippen LogP contribution in [-0.4, -0.2) is 24.7 Å². The Morgan fingerprint density at radius 1 is 1.16 bits per heavy atom. The van der Waals surface area contributed by atoms with E-state index in [1.54, 1.807) is 19.4 Å². The number of para-hydroxylation sites is 2. The second-order valence-electron chi connectivity index (χ2n) is 5.59. The number of ether oxygens (including phenoxy) is 1. The maximum Gasteiger partial charge on any atom is 0.318 e. The van der Waals surface area contributed by atoms with Gasteiger partial charge in [0.05, 0.1) is 7.11 Å². The van der Waals surface area contributed by atoms with E-state index < -0.39 is 0 Å². The van der Waals surface area contributed by atoms with Crippen LogP contribution in [-0.2, 0) is 6.42 Å². The van der Waals surface area contributed by atoms with E-state index in [0.29, 0.717) is 6.54 Å². The fourth-order valence-corrected chi connectivity index (χ4v) is 2.71.